The van der Waals surface area contributed by atoms with Crippen LogP contribution < -0.4 is 10.1 Å². The molecule has 23 heavy (non-hydrogen) atoms. The first-order valence-electron chi connectivity index (χ1n) is 7.39. The maximum absolute atomic E-state index is 11.6. The molecule has 1 aliphatic rings. The summed E-state index contributed by atoms with van der Waals surface area (Å²) in [4.78, 5) is 22.5. The van der Waals surface area contributed by atoms with E-state index in [1.54, 1.807) is 24.3 Å². The van der Waals surface area contributed by atoms with Crippen LogP contribution in [0.3, 0.4) is 0 Å². The lowest BCUT2D eigenvalue weighted by molar-refractivity contribution is -0.529. The van der Waals surface area contributed by atoms with Crippen LogP contribution in [0.2, 0.25) is 0 Å². The van der Waals surface area contributed by atoms with Crippen molar-refractivity contribution in [2.24, 2.45) is 0 Å². The minimum atomic E-state index is -0.820. The molecule has 0 saturated carbocycles. The molecule has 0 spiro atoms. The van der Waals surface area contributed by atoms with Gasteiger partial charge in [-0.15, -0.1) is 0 Å². The Morgan fingerprint density at radius 1 is 1.09 bits per heavy atom. The number of nitrogens with one attached hydrogen (secondary N) is 1. The Labute approximate surface area is 133 Å². The molecule has 118 valence electrons. The van der Waals surface area contributed by atoms with E-state index in [2.05, 4.69) is 5.32 Å². The van der Waals surface area contributed by atoms with Crippen molar-refractivity contribution >= 4 is 5.91 Å². The maximum atomic E-state index is 11.6. The minimum absolute atomic E-state index is 0.164. The first-order valence-corrected chi connectivity index (χ1v) is 7.39. The van der Waals surface area contributed by atoms with Crippen LogP contribution in [0.4, 0.5) is 0 Å². The van der Waals surface area contributed by atoms with Gasteiger partial charge in [-0.1, -0.05) is 30.3 Å². The molecule has 3 rings (SSSR count). The molecule has 1 amide bonds. The van der Waals surface area contributed by atoms with E-state index < -0.39 is 12.1 Å². The molecule has 0 bridgehead atoms. The number of nitrogens with zero attached hydrogens (tertiary/aromatic N) is 1. The molecule has 1 aliphatic heterocycles. The SMILES string of the molecule is O=C1CC[C@H]([N+](=O)[O-])[C@@H](c2cccc(Oc3ccccc3)c2)N1. The van der Waals surface area contributed by atoms with E-state index in [0.29, 0.717) is 17.1 Å². The van der Waals surface area contributed by atoms with Gasteiger partial charge in [-0.25, -0.2) is 0 Å². The lowest BCUT2D eigenvalue weighted by atomic mass is 9.92. The van der Waals surface area contributed by atoms with Crippen LogP contribution in [-0.4, -0.2) is 16.9 Å². The van der Waals surface area contributed by atoms with Gasteiger partial charge in [0.1, 0.15) is 17.5 Å². The Balaban J connectivity index is 1.85. The molecule has 0 aromatic heterocycles. The fraction of sp³-hybridized carbons (Fsp3) is 0.235. The van der Waals surface area contributed by atoms with E-state index in [1.807, 2.05) is 30.3 Å². The number of rotatable bonds is 4. The van der Waals surface area contributed by atoms with Crippen molar-refractivity contribution in [3.05, 3.63) is 70.3 Å². The van der Waals surface area contributed by atoms with Gasteiger partial charge in [-0.05, 0) is 29.8 Å². The van der Waals surface area contributed by atoms with Crippen molar-refractivity contribution < 1.29 is 14.5 Å². The zero-order valence-corrected chi connectivity index (χ0v) is 12.3. The zero-order chi connectivity index (χ0) is 16.2. The fourth-order valence-electron chi connectivity index (χ4n) is 2.72. The van der Waals surface area contributed by atoms with Crippen LogP contribution in [-0.2, 0) is 4.79 Å². The molecule has 2 aromatic rings. The van der Waals surface area contributed by atoms with E-state index >= 15 is 0 Å². The quantitative estimate of drug-likeness (QED) is 0.695. The summed E-state index contributed by atoms with van der Waals surface area (Å²) in [6.45, 7) is 0. The van der Waals surface area contributed by atoms with Gasteiger partial charge < -0.3 is 10.1 Å². The highest BCUT2D eigenvalue weighted by atomic mass is 16.6. The lowest BCUT2D eigenvalue weighted by Gasteiger charge is -2.27. The summed E-state index contributed by atoms with van der Waals surface area (Å²) in [6.07, 6.45) is 0.426. The second-order valence-electron chi connectivity index (χ2n) is 5.42. The van der Waals surface area contributed by atoms with Crippen molar-refractivity contribution in [3.63, 3.8) is 0 Å². The molecular weight excluding hydrogens is 296 g/mol. The number of benzene rings is 2. The summed E-state index contributed by atoms with van der Waals surface area (Å²) in [5.41, 5.74) is 0.674. The smallest absolute Gasteiger partial charge is 0.237 e. The predicted molar refractivity (Wildman–Crippen MR) is 83.9 cm³/mol. The van der Waals surface area contributed by atoms with Gasteiger partial charge in [0.2, 0.25) is 11.9 Å². The van der Waals surface area contributed by atoms with Gasteiger partial charge in [0.05, 0.1) is 0 Å². The highest BCUT2D eigenvalue weighted by Gasteiger charge is 2.38. The summed E-state index contributed by atoms with van der Waals surface area (Å²) < 4.78 is 5.75. The highest BCUT2D eigenvalue weighted by Crippen LogP contribution is 2.30. The second-order valence-corrected chi connectivity index (χ2v) is 5.42. The largest absolute Gasteiger partial charge is 0.457 e. The molecule has 6 heteroatoms. The van der Waals surface area contributed by atoms with E-state index in [9.17, 15) is 14.9 Å². The van der Waals surface area contributed by atoms with Gasteiger partial charge in [-0.2, -0.15) is 0 Å². The number of nitro groups is 1. The van der Waals surface area contributed by atoms with E-state index in [0.717, 1.165) is 0 Å². The Morgan fingerprint density at radius 3 is 2.57 bits per heavy atom. The van der Waals surface area contributed by atoms with Gasteiger partial charge in [0, 0.05) is 17.8 Å². The van der Waals surface area contributed by atoms with Gasteiger partial charge in [0.25, 0.3) is 0 Å². The average molecular weight is 312 g/mol. The van der Waals surface area contributed by atoms with Crippen molar-refractivity contribution in [2.45, 2.75) is 24.9 Å². The van der Waals surface area contributed by atoms with Crippen molar-refractivity contribution in [1.29, 1.82) is 0 Å². The van der Waals surface area contributed by atoms with Gasteiger partial charge >= 0.3 is 0 Å². The molecule has 6 nitrogen and oxygen atoms in total. The number of para-hydroxylation sites is 1. The molecule has 1 saturated heterocycles. The number of hydrogen-bond acceptors (Lipinski definition) is 4. The molecule has 0 aliphatic carbocycles. The monoisotopic (exact) mass is 312 g/mol. The van der Waals surface area contributed by atoms with Crippen molar-refractivity contribution in [1.82, 2.24) is 5.32 Å². The molecule has 0 unspecified atom stereocenters. The Kier molecular flexibility index (Phi) is 4.23. The Morgan fingerprint density at radius 2 is 1.83 bits per heavy atom. The summed E-state index contributed by atoms with van der Waals surface area (Å²) in [6, 6.07) is 14.9. The molecule has 1 heterocycles. The molecule has 2 atom stereocenters. The average Bonchev–Trinajstić information content (AvgIpc) is 2.55. The van der Waals surface area contributed by atoms with Crippen LogP contribution in [0.25, 0.3) is 0 Å². The standard InChI is InChI=1S/C17H16N2O4/c20-16-10-9-15(19(21)22)17(18-16)12-5-4-8-14(11-12)23-13-6-2-1-3-7-13/h1-8,11,15,17H,9-10H2,(H,18,20)/t15-,17+/m0/s1. The third-order valence-electron chi connectivity index (χ3n) is 3.84. The topological polar surface area (TPSA) is 81.5 Å². The van der Waals surface area contributed by atoms with Crippen LogP contribution in [0.1, 0.15) is 24.4 Å². The number of carbonyl (C=O) groups excluding carboxylic acids is 1. The van der Waals surface area contributed by atoms with Crippen LogP contribution >= 0.6 is 0 Å². The van der Waals surface area contributed by atoms with Crippen LogP contribution in [0.15, 0.2) is 54.6 Å². The molecular formula is C17H16N2O4. The normalized spacial score (nSPS) is 20.6. The number of piperidine rings is 1. The van der Waals surface area contributed by atoms with E-state index in [4.69, 9.17) is 4.74 Å². The number of ether oxygens (including phenoxy) is 1. The van der Waals surface area contributed by atoms with Crippen molar-refractivity contribution in [3.8, 4) is 11.5 Å². The van der Waals surface area contributed by atoms with Gasteiger partial charge in [-0.3, -0.25) is 14.9 Å². The van der Waals surface area contributed by atoms with Crippen molar-refractivity contribution in [2.75, 3.05) is 0 Å². The lowest BCUT2D eigenvalue weighted by Crippen LogP contribution is -2.45. The second kappa shape index (κ2) is 6.48. The highest BCUT2D eigenvalue weighted by molar-refractivity contribution is 5.77. The van der Waals surface area contributed by atoms with E-state index in [-0.39, 0.29) is 23.7 Å². The zero-order valence-electron chi connectivity index (χ0n) is 12.3. The maximum Gasteiger partial charge on any atom is 0.237 e. The first-order chi connectivity index (χ1) is 11.1. The molecule has 1 fully saturated rings. The molecule has 0 radical (unpaired) electrons. The summed E-state index contributed by atoms with van der Waals surface area (Å²) in [7, 11) is 0. The van der Waals surface area contributed by atoms with Crippen LogP contribution in [0.5, 0.6) is 11.5 Å². The molecule has 2 aromatic carbocycles. The third kappa shape index (κ3) is 3.48. The first kappa shape index (κ1) is 15.0. The Hall–Kier alpha value is -2.89. The summed E-state index contributed by atoms with van der Waals surface area (Å²) in [5, 5.41) is 14.0. The number of amides is 1. The third-order valence-corrected chi connectivity index (χ3v) is 3.84. The minimum Gasteiger partial charge on any atom is -0.457 e. The fourth-order valence-corrected chi connectivity index (χ4v) is 2.72. The predicted octanol–water partition coefficient (Wildman–Crippen LogP) is 3.08. The van der Waals surface area contributed by atoms with Crippen LogP contribution in [0, 0.1) is 10.1 Å². The Bertz CT molecular complexity index is 718. The number of hydrogen-bond donors (Lipinski definition) is 1. The number of carbonyl (C=O) groups is 1. The van der Waals surface area contributed by atoms with E-state index in [1.165, 1.54) is 0 Å². The summed E-state index contributed by atoms with van der Waals surface area (Å²) in [5.74, 6) is 1.10. The molecule has 1 N–H and O–H groups in total. The van der Waals surface area contributed by atoms with Gasteiger partial charge in [0.15, 0.2) is 0 Å². The summed E-state index contributed by atoms with van der Waals surface area (Å²) >= 11 is 0.